The van der Waals surface area contributed by atoms with Gasteiger partial charge >= 0.3 is 0 Å². The van der Waals surface area contributed by atoms with E-state index in [1.54, 1.807) is 12.1 Å². The van der Waals surface area contributed by atoms with Crippen molar-refractivity contribution in [2.75, 3.05) is 12.0 Å². The Morgan fingerprint density at radius 1 is 1.23 bits per heavy atom. The molecule has 0 radical (unpaired) electrons. The van der Waals surface area contributed by atoms with Crippen molar-refractivity contribution in [3.8, 4) is 0 Å². The van der Waals surface area contributed by atoms with Gasteiger partial charge in [0, 0.05) is 6.26 Å². The standard InChI is InChI=1S/C9H11FO2S/c1-13(11,12)7-6-8-2-4-9(10)5-3-8/h2-5H,6-7H2,1H3. The van der Waals surface area contributed by atoms with Crippen molar-refractivity contribution in [2.45, 2.75) is 6.42 Å². The van der Waals surface area contributed by atoms with Crippen LogP contribution in [0.15, 0.2) is 24.3 Å². The first-order valence-electron chi connectivity index (χ1n) is 3.89. The summed E-state index contributed by atoms with van der Waals surface area (Å²) in [7, 11) is -2.93. The number of halogens is 1. The summed E-state index contributed by atoms with van der Waals surface area (Å²) in [6.45, 7) is 0. The SMILES string of the molecule is CS(=O)(=O)CCc1ccc(F)cc1. The summed E-state index contributed by atoms with van der Waals surface area (Å²) in [6, 6.07) is 5.86. The van der Waals surface area contributed by atoms with Crippen LogP contribution in [-0.4, -0.2) is 20.4 Å². The Kier molecular flexibility index (Phi) is 3.03. The molecule has 0 heterocycles. The maximum atomic E-state index is 12.4. The summed E-state index contributed by atoms with van der Waals surface area (Å²) < 4.78 is 34.0. The highest BCUT2D eigenvalue weighted by atomic mass is 32.2. The van der Waals surface area contributed by atoms with E-state index in [0.717, 1.165) is 5.56 Å². The molecule has 0 saturated heterocycles. The van der Waals surface area contributed by atoms with Crippen molar-refractivity contribution < 1.29 is 12.8 Å². The molecule has 2 nitrogen and oxygen atoms in total. The van der Waals surface area contributed by atoms with E-state index in [-0.39, 0.29) is 11.6 Å². The van der Waals surface area contributed by atoms with Crippen LogP contribution in [0.2, 0.25) is 0 Å². The van der Waals surface area contributed by atoms with E-state index in [1.807, 2.05) is 0 Å². The molecule has 0 fully saturated rings. The number of hydrogen-bond donors (Lipinski definition) is 0. The summed E-state index contributed by atoms with van der Waals surface area (Å²) in [6.07, 6.45) is 1.63. The lowest BCUT2D eigenvalue weighted by Gasteiger charge is -1.99. The molecule has 1 aromatic carbocycles. The van der Waals surface area contributed by atoms with Gasteiger partial charge in [0.2, 0.25) is 0 Å². The zero-order chi connectivity index (χ0) is 9.90. The number of aryl methyl sites for hydroxylation is 1. The topological polar surface area (TPSA) is 34.1 Å². The lowest BCUT2D eigenvalue weighted by molar-refractivity contribution is 0.601. The van der Waals surface area contributed by atoms with Crippen LogP contribution >= 0.6 is 0 Å². The van der Waals surface area contributed by atoms with Crippen molar-refractivity contribution in [1.82, 2.24) is 0 Å². The molecule has 72 valence electrons. The first-order chi connectivity index (χ1) is 5.97. The van der Waals surface area contributed by atoms with Crippen LogP contribution in [0.5, 0.6) is 0 Å². The first-order valence-corrected chi connectivity index (χ1v) is 5.95. The largest absolute Gasteiger partial charge is 0.229 e. The molecule has 0 atom stereocenters. The fraction of sp³-hybridized carbons (Fsp3) is 0.333. The maximum Gasteiger partial charge on any atom is 0.147 e. The van der Waals surface area contributed by atoms with Crippen molar-refractivity contribution in [3.63, 3.8) is 0 Å². The molecule has 0 aliphatic carbocycles. The molecule has 0 N–H and O–H groups in total. The molecule has 1 rings (SSSR count). The minimum Gasteiger partial charge on any atom is -0.229 e. The molecule has 0 bridgehead atoms. The minimum absolute atomic E-state index is 0.110. The number of benzene rings is 1. The highest BCUT2D eigenvalue weighted by molar-refractivity contribution is 7.90. The summed E-state index contributed by atoms with van der Waals surface area (Å²) >= 11 is 0. The van der Waals surface area contributed by atoms with Gasteiger partial charge in [-0.25, -0.2) is 12.8 Å². The smallest absolute Gasteiger partial charge is 0.147 e. The quantitative estimate of drug-likeness (QED) is 0.742. The minimum atomic E-state index is -2.93. The Hall–Kier alpha value is -0.900. The summed E-state index contributed by atoms with van der Waals surface area (Å²) in [5.41, 5.74) is 0.840. The molecule has 0 aliphatic heterocycles. The van der Waals surface area contributed by atoms with Gasteiger partial charge in [0.1, 0.15) is 15.7 Å². The van der Waals surface area contributed by atoms with E-state index in [1.165, 1.54) is 18.4 Å². The highest BCUT2D eigenvalue weighted by Gasteiger charge is 2.02. The van der Waals surface area contributed by atoms with E-state index in [4.69, 9.17) is 0 Å². The Morgan fingerprint density at radius 2 is 1.77 bits per heavy atom. The zero-order valence-electron chi connectivity index (χ0n) is 7.33. The van der Waals surface area contributed by atoms with Gasteiger partial charge in [-0.2, -0.15) is 0 Å². The van der Waals surface area contributed by atoms with Crippen molar-refractivity contribution >= 4 is 9.84 Å². The highest BCUT2D eigenvalue weighted by Crippen LogP contribution is 2.04. The molecule has 13 heavy (non-hydrogen) atoms. The molecule has 0 aliphatic rings. The number of sulfone groups is 1. The molecule has 0 aromatic heterocycles. The molecule has 0 saturated carbocycles. The van der Waals surface area contributed by atoms with Gasteiger partial charge < -0.3 is 0 Å². The second-order valence-corrected chi connectivity index (χ2v) is 5.27. The van der Waals surface area contributed by atoms with Crippen LogP contribution in [-0.2, 0) is 16.3 Å². The Balaban J connectivity index is 2.61. The van der Waals surface area contributed by atoms with E-state index < -0.39 is 9.84 Å². The molecular weight excluding hydrogens is 191 g/mol. The monoisotopic (exact) mass is 202 g/mol. The lowest BCUT2D eigenvalue weighted by Crippen LogP contribution is -2.05. The Bertz CT molecular complexity index is 367. The van der Waals surface area contributed by atoms with Crippen LogP contribution in [0.25, 0.3) is 0 Å². The number of rotatable bonds is 3. The molecule has 0 spiro atoms. The van der Waals surface area contributed by atoms with Gasteiger partial charge in [-0.3, -0.25) is 0 Å². The second-order valence-electron chi connectivity index (χ2n) is 3.01. The Morgan fingerprint density at radius 3 is 2.23 bits per heavy atom. The Labute approximate surface area is 77.3 Å². The van der Waals surface area contributed by atoms with Gasteiger partial charge in [0.25, 0.3) is 0 Å². The van der Waals surface area contributed by atoms with Crippen LogP contribution in [0, 0.1) is 5.82 Å². The van der Waals surface area contributed by atoms with Gasteiger partial charge in [-0.1, -0.05) is 12.1 Å². The fourth-order valence-corrected chi connectivity index (χ4v) is 1.56. The molecule has 1 aromatic rings. The van der Waals surface area contributed by atoms with Gasteiger partial charge in [-0.15, -0.1) is 0 Å². The third kappa shape index (κ3) is 4.03. The van der Waals surface area contributed by atoms with Gasteiger partial charge in [0.05, 0.1) is 5.75 Å². The average Bonchev–Trinajstić information content (AvgIpc) is 2.02. The molecule has 0 unspecified atom stereocenters. The van der Waals surface area contributed by atoms with Crippen molar-refractivity contribution in [1.29, 1.82) is 0 Å². The van der Waals surface area contributed by atoms with Crippen molar-refractivity contribution in [2.24, 2.45) is 0 Å². The normalized spacial score (nSPS) is 11.5. The summed E-state index contributed by atoms with van der Waals surface area (Å²) in [5.74, 6) is -0.193. The third-order valence-corrected chi connectivity index (χ3v) is 2.62. The van der Waals surface area contributed by atoms with Crippen LogP contribution in [0.1, 0.15) is 5.56 Å². The van der Waals surface area contributed by atoms with E-state index in [2.05, 4.69) is 0 Å². The zero-order valence-corrected chi connectivity index (χ0v) is 8.14. The number of hydrogen-bond acceptors (Lipinski definition) is 2. The summed E-state index contributed by atoms with van der Waals surface area (Å²) in [4.78, 5) is 0. The van der Waals surface area contributed by atoms with Crippen LogP contribution in [0.4, 0.5) is 4.39 Å². The van der Waals surface area contributed by atoms with Gasteiger partial charge in [-0.05, 0) is 24.1 Å². The van der Waals surface area contributed by atoms with E-state index in [9.17, 15) is 12.8 Å². The van der Waals surface area contributed by atoms with Crippen LogP contribution < -0.4 is 0 Å². The molecule has 0 amide bonds. The third-order valence-electron chi connectivity index (χ3n) is 1.67. The summed E-state index contributed by atoms with van der Waals surface area (Å²) in [5, 5.41) is 0. The average molecular weight is 202 g/mol. The van der Waals surface area contributed by atoms with Crippen LogP contribution in [0.3, 0.4) is 0 Å². The predicted molar refractivity (Wildman–Crippen MR) is 49.8 cm³/mol. The van der Waals surface area contributed by atoms with E-state index >= 15 is 0 Å². The predicted octanol–water partition coefficient (Wildman–Crippen LogP) is 1.41. The fourth-order valence-electron chi connectivity index (χ4n) is 0.954. The lowest BCUT2D eigenvalue weighted by atomic mass is 10.2. The van der Waals surface area contributed by atoms with E-state index in [0.29, 0.717) is 6.42 Å². The maximum absolute atomic E-state index is 12.4. The molecular formula is C9H11FO2S. The molecule has 4 heteroatoms. The van der Waals surface area contributed by atoms with Crippen molar-refractivity contribution in [3.05, 3.63) is 35.6 Å². The van der Waals surface area contributed by atoms with Gasteiger partial charge in [0.15, 0.2) is 0 Å². The second kappa shape index (κ2) is 3.87. The first kappa shape index (κ1) is 10.2.